The van der Waals surface area contributed by atoms with Gasteiger partial charge in [0.15, 0.2) is 5.13 Å². The van der Waals surface area contributed by atoms with Crippen molar-refractivity contribution in [2.45, 2.75) is 0 Å². The lowest BCUT2D eigenvalue weighted by Crippen LogP contribution is -2.43. The van der Waals surface area contributed by atoms with Gasteiger partial charge in [0.05, 0.1) is 23.4 Å². The first-order chi connectivity index (χ1) is 13.6. The second kappa shape index (κ2) is 8.88. The number of aromatic nitrogens is 1. The van der Waals surface area contributed by atoms with Gasteiger partial charge in [0.2, 0.25) is 0 Å². The summed E-state index contributed by atoms with van der Waals surface area (Å²) in [4.78, 5) is 22.1. The number of fused-ring (bicyclic) bond motifs is 1. The van der Waals surface area contributed by atoms with E-state index in [0.29, 0.717) is 22.3 Å². The summed E-state index contributed by atoms with van der Waals surface area (Å²) in [6, 6.07) is 13.0. The smallest absolute Gasteiger partial charge is 0.260 e. The Kier molecular flexibility index (Phi) is 6.28. The van der Waals surface area contributed by atoms with Crippen molar-refractivity contribution in [2.75, 3.05) is 44.3 Å². The third-order valence-corrected chi connectivity index (χ3v) is 6.40. The fraction of sp³-hybridized carbons (Fsp3) is 0.300. The average molecular weight is 481 g/mol. The summed E-state index contributed by atoms with van der Waals surface area (Å²) in [7, 11) is 0. The summed E-state index contributed by atoms with van der Waals surface area (Å²) in [6.45, 7) is 4.56. The first-order valence-electron chi connectivity index (χ1n) is 9.04. The predicted octanol–water partition coefficient (Wildman–Crippen LogP) is 4.69. The molecule has 1 aliphatic heterocycles. The number of anilines is 1. The Morgan fingerprint density at radius 3 is 2.86 bits per heavy atom. The molecule has 3 aromatic rings. The molecule has 1 amide bonds. The van der Waals surface area contributed by atoms with Crippen LogP contribution in [0.2, 0.25) is 5.02 Å². The van der Waals surface area contributed by atoms with Crippen LogP contribution in [0.3, 0.4) is 0 Å². The lowest BCUT2D eigenvalue weighted by atomic mass is 10.2. The quantitative estimate of drug-likeness (QED) is 0.531. The number of thiazole rings is 1. The minimum atomic E-state index is -0.0890. The van der Waals surface area contributed by atoms with E-state index in [-0.39, 0.29) is 5.91 Å². The van der Waals surface area contributed by atoms with Gasteiger partial charge >= 0.3 is 0 Å². The number of ether oxygens (including phenoxy) is 1. The highest BCUT2D eigenvalue weighted by Gasteiger charge is 2.23. The molecule has 2 aromatic carbocycles. The van der Waals surface area contributed by atoms with Crippen LogP contribution < -0.4 is 4.90 Å². The molecule has 28 heavy (non-hydrogen) atoms. The molecule has 4 rings (SSSR count). The Morgan fingerprint density at radius 1 is 1.25 bits per heavy atom. The van der Waals surface area contributed by atoms with Gasteiger partial charge in [0.1, 0.15) is 0 Å². The highest BCUT2D eigenvalue weighted by atomic mass is 79.9. The molecule has 2 heterocycles. The lowest BCUT2D eigenvalue weighted by Gasteiger charge is -2.29. The number of benzene rings is 2. The summed E-state index contributed by atoms with van der Waals surface area (Å²) in [5, 5.41) is 1.25. The topological polar surface area (TPSA) is 45.7 Å². The number of carbonyl (C=O) groups excluding carboxylic acids is 1. The molecule has 0 unspecified atom stereocenters. The Bertz CT molecular complexity index is 990. The molecule has 1 saturated heterocycles. The monoisotopic (exact) mass is 479 g/mol. The number of nitrogens with zero attached hydrogens (tertiary/aromatic N) is 3. The molecule has 8 heteroatoms. The average Bonchev–Trinajstić information content (AvgIpc) is 3.11. The van der Waals surface area contributed by atoms with E-state index in [1.807, 2.05) is 18.2 Å². The molecule has 0 N–H and O–H groups in total. The van der Waals surface area contributed by atoms with Crippen LogP contribution in [-0.2, 0) is 4.74 Å². The highest BCUT2D eigenvalue weighted by molar-refractivity contribution is 9.10. The van der Waals surface area contributed by atoms with Gasteiger partial charge in [0, 0.05) is 41.2 Å². The fourth-order valence-electron chi connectivity index (χ4n) is 3.13. The number of morpholine rings is 1. The molecule has 0 atom stereocenters. The van der Waals surface area contributed by atoms with E-state index >= 15 is 0 Å². The number of rotatable bonds is 5. The SMILES string of the molecule is O=C(c1cccc(Cl)c1)N(CCN1CCOCC1)c1nc2ccc(Br)cc2s1. The predicted molar refractivity (Wildman–Crippen MR) is 118 cm³/mol. The molecule has 0 spiro atoms. The summed E-state index contributed by atoms with van der Waals surface area (Å²) >= 11 is 11.1. The van der Waals surface area contributed by atoms with Gasteiger partial charge in [0.25, 0.3) is 5.91 Å². The summed E-state index contributed by atoms with van der Waals surface area (Å²) < 4.78 is 7.46. The van der Waals surface area contributed by atoms with E-state index in [0.717, 1.165) is 47.5 Å². The summed E-state index contributed by atoms with van der Waals surface area (Å²) in [5.41, 5.74) is 1.45. The van der Waals surface area contributed by atoms with E-state index in [2.05, 4.69) is 20.8 Å². The van der Waals surface area contributed by atoms with Gasteiger partial charge in [-0.05, 0) is 36.4 Å². The van der Waals surface area contributed by atoms with Crippen LogP contribution in [0.25, 0.3) is 10.2 Å². The molecule has 1 aliphatic rings. The first-order valence-corrected chi connectivity index (χ1v) is 11.0. The van der Waals surface area contributed by atoms with Gasteiger partial charge in [-0.1, -0.05) is 44.9 Å². The molecular weight excluding hydrogens is 462 g/mol. The molecule has 0 aliphatic carbocycles. The molecule has 5 nitrogen and oxygen atoms in total. The Labute approximate surface area is 181 Å². The van der Waals surface area contributed by atoms with Crippen molar-refractivity contribution < 1.29 is 9.53 Å². The highest BCUT2D eigenvalue weighted by Crippen LogP contribution is 2.31. The van der Waals surface area contributed by atoms with E-state index in [1.54, 1.807) is 29.2 Å². The van der Waals surface area contributed by atoms with Crippen LogP contribution in [0.15, 0.2) is 46.9 Å². The number of amides is 1. The van der Waals surface area contributed by atoms with Crippen LogP contribution in [0.4, 0.5) is 5.13 Å². The molecule has 0 bridgehead atoms. The van der Waals surface area contributed by atoms with Crippen LogP contribution in [0, 0.1) is 0 Å². The van der Waals surface area contributed by atoms with Gasteiger partial charge < -0.3 is 4.74 Å². The molecule has 146 valence electrons. The fourth-order valence-corrected chi connectivity index (χ4v) is 4.86. The zero-order chi connectivity index (χ0) is 19.5. The first kappa shape index (κ1) is 19.8. The maximum absolute atomic E-state index is 13.3. The maximum Gasteiger partial charge on any atom is 0.260 e. The molecule has 1 fully saturated rings. The third-order valence-electron chi connectivity index (χ3n) is 4.63. The normalized spacial score (nSPS) is 15.1. The summed E-state index contributed by atoms with van der Waals surface area (Å²) in [5.74, 6) is -0.0890. The lowest BCUT2D eigenvalue weighted by molar-refractivity contribution is 0.0391. The van der Waals surface area contributed by atoms with Crippen molar-refractivity contribution in [1.82, 2.24) is 9.88 Å². The van der Waals surface area contributed by atoms with E-state index in [1.165, 1.54) is 11.3 Å². The number of halogens is 2. The second-order valence-corrected chi connectivity index (χ2v) is 8.89. The largest absolute Gasteiger partial charge is 0.379 e. The van der Waals surface area contributed by atoms with Gasteiger partial charge in [-0.15, -0.1) is 0 Å². The van der Waals surface area contributed by atoms with Gasteiger partial charge in [-0.3, -0.25) is 14.6 Å². The number of hydrogen-bond donors (Lipinski definition) is 0. The van der Waals surface area contributed by atoms with Crippen LogP contribution in [0.5, 0.6) is 0 Å². The molecular formula is C20H19BrClN3O2S. The van der Waals surface area contributed by atoms with Crippen molar-refractivity contribution in [3.05, 3.63) is 57.5 Å². The van der Waals surface area contributed by atoms with E-state index < -0.39 is 0 Å². The standard InChI is InChI=1S/C20H19BrClN3O2S/c21-15-4-5-17-18(13-15)28-20(23-17)25(7-6-24-8-10-27-11-9-24)19(26)14-2-1-3-16(22)12-14/h1-5,12-13H,6-11H2. The molecule has 0 saturated carbocycles. The number of hydrogen-bond acceptors (Lipinski definition) is 5. The van der Waals surface area contributed by atoms with Crippen molar-refractivity contribution >= 4 is 60.1 Å². The van der Waals surface area contributed by atoms with Crippen molar-refractivity contribution in [1.29, 1.82) is 0 Å². The zero-order valence-electron chi connectivity index (χ0n) is 15.1. The Morgan fingerprint density at radius 2 is 2.07 bits per heavy atom. The minimum Gasteiger partial charge on any atom is -0.379 e. The Hall–Kier alpha value is -1.51. The minimum absolute atomic E-state index is 0.0890. The second-order valence-electron chi connectivity index (χ2n) is 6.53. The van der Waals surface area contributed by atoms with Gasteiger partial charge in [-0.25, -0.2) is 4.98 Å². The van der Waals surface area contributed by atoms with E-state index in [9.17, 15) is 4.79 Å². The van der Waals surface area contributed by atoms with Crippen LogP contribution >= 0.6 is 38.9 Å². The Balaban J connectivity index is 1.63. The van der Waals surface area contributed by atoms with Crippen molar-refractivity contribution in [3.8, 4) is 0 Å². The van der Waals surface area contributed by atoms with Gasteiger partial charge in [-0.2, -0.15) is 0 Å². The third kappa shape index (κ3) is 4.55. The van der Waals surface area contributed by atoms with E-state index in [4.69, 9.17) is 21.3 Å². The molecule has 0 radical (unpaired) electrons. The number of carbonyl (C=O) groups is 1. The zero-order valence-corrected chi connectivity index (χ0v) is 18.3. The molecule has 1 aromatic heterocycles. The maximum atomic E-state index is 13.3. The van der Waals surface area contributed by atoms with Crippen molar-refractivity contribution in [3.63, 3.8) is 0 Å². The van der Waals surface area contributed by atoms with Crippen molar-refractivity contribution in [2.24, 2.45) is 0 Å². The van der Waals surface area contributed by atoms with Crippen LogP contribution in [0.1, 0.15) is 10.4 Å². The van der Waals surface area contributed by atoms with Crippen LogP contribution in [-0.4, -0.2) is 55.2 Å². The summed E-state index contributed by atoms with van der Waals surface area (Å²) in [6.07, 6.45) is 0.